The van der Waals surface area contributed by atoms with Crippen LogP contribution in [0, 0.1) is 76.9 Å². The molecule has 1 heteroatoms. The lowest BCUT2D eigenvalue weighted by Gasteiger charge is -2.35. The predicted molar refractivity (Wildman–Crippen MR) is 197 cm³/mol. The normalized spacial score (nSPS) is 43.8. The van der Waals surface area contributed by atoms with Crippen molar-refractivity contribution in [1.82, 2.24) is 4.90 Å². The lowest BCUT2D eigenvalue weighted by molar-refractivity contribution is 0.154. The molecular formula is C45H71N. The van der Waals surface area contributed by atoms with Crippen LogP contribution in [0.3, 0.4) is 0 Å². The Labute approximate surface area is 285 Å². The van der Waals surface area contributed by atoms with Gasteiger partial charge in [0.1, 0.15) is 0 Å². The van der Waals surface area contributed by atoms with Crippen LogP contribution in [0.25, 0.3) is 0 Å². The fraction of sp³-hybridized carbons (Fsp3) is 0.822. The summed E-state index contributed by atoms with van der Waals surface area (Å²) in [5, 5.41) is 0. The topological polar surface area (TPSA) is 3.24 Å². The third kappa shape index (κ3) is 7.71. The van der Waals surface area contributed by atoms with E-state index < -0.39 is 0 Å². The third-order valence-electron chi connectivity index (χ3n) is 15.7. The van der Waals surface area contributed by atoms with E-state index in [9.17, 15) is 0 Å². The average Bonchev–Trinajstić information content (AvgIpc) is 3.83. The van der Waals surface area contributed by atoms with Crippen molar-refractivity contribution in [3.63, 3.8) is 0 Å². The van der Waals surface area contributed by atoms with Crippen molar-refractivity contribution in [3.8, 4) is 0 Å². The van der Waals surface area contributed by atoms with Gasteiger partial charge in [-0.15, -0.1) is 0 Å². The zero-order chi connectivity index (χ0) is 31.9. The minimum atomic E-state index is 0.947. The van der Waals surface area contributed by atoms with Crippen molar-refractivity contribution in [2.24, 2.45) is 76.9 Å². The van der Waals surface area contributed by atoms with Crippen molar-refractivity contribution in [2.75, 3.05) is 20.1 Å². The number of rotatable bonds is 8. The standard InChI is InChI=1S/C24H38.C21H33N/c1-16(8-19-4-6-21-10-17(2)12-23(21)14-19)9-20-5-7-22-11-18(3)13-24(22)15-20;1-14-8-16-4-6-18(20(16)10-14)12-22(3)13-19-7-5-17-9-15(2)11-21(17)19/h16,19-24H,2-15H2,1H3;16-21H,1-2,4-13H2,3H3/t16?,19-,20-,21+,22?,23?,24+;16-,17?,18+,19+,20?,21+/m01/s1. The number of allylic oxidation sites excluding steroid dienone is 4. The fourth-order valence-electron chi connectivity index (χ4n) is 13.8. The van der Waals surface area contributed by atoms with Crippen LogP contribution in [-0.2, 0) is 0 Å². The molecule has 0 spiro atoms. The van der Waals surface area contributed by atoms with Gasteiger partial charge in [0.25, 0.3) is 0 Å². The molecule has 0 N–H and O–H groups in total. The highest BCUT2D eigenvalue weighted by molar-refractivity contribution is 5.12. The summed E-state index contributed by atoms with van der Waals surface area (Å²) in [7, 11) is 2.38. The summed E-state index contributed by atoms with van der Waals surface area (Å²) < 4.78 is 0. The molecule has 0 aromatic rings. The molecule has 8 saturated carbocycles. The molecule has 0 heterocycles. The molecule has 0 aliphatic heterocycles. The molecule has 8 fully saturated rings. The van der Waals surface area contributed by atoms with Gasteiger partial charge >= 0.3 is 0 Å². The Balaban J connectivity index is 0.000000147. The van der Waals surface area contributed by atoms with Gasteiger partial charge in [-0.2, -0.15) is 0 Å². The second-order valence-corrected chi connectivity index (χ2v) is 19.4. The molecule has 1 nitrogen and oxygen atoms in total. The van der Waals surface area contributed by atoms with Gasteiger partial charge in [-0.3, -0.25) is 0 Å². The quantitative estimate of drug-likeness (QED) is 0.243. The summed E-state index contributed by atoms with van der Waals surface area (Å²) in [4.78, 5) is 2.68. The molecule has 0 amide bonds. The van der Waals surface area contributed by atoms with Crippen LogP contribution in [-0.4, -0.2) is 25.0 Å². The Morgan fingerprint density at radius 1 is 0.500 bits per heavy atom. The first-order chi connectivity index (χ1) is 22.2. The Morgan fingerprint density at radius 2 is 0.870 bits per heavy atom. The molecule has 0 radical (unpaired) electrons. The minimum absolute atomic E-state index is 0.947. The van der Waals surface area contributed by atoms with Gasteiger partial charge in [0.2, 0.25) is 0 Å². The number of fused-ring (bicyclic) bond motifs is 4. The molecule has 0 aromatic carbocycles. The first-order valence-electron chi connectivity index (χ1n) is 20.5. The predicted octanol–water partition coefficient (Wildman–Crippen LogP) is 12.1. The SMILES string of the molecule is C=C1CC2C[C@H](CC(C)C[C@@H]3CCC4CC(=C)C[C@@H]4C3)CC[C@@H]2C1.C=C1CC2[C@H](CC[C@H]2CN(C)C[C@@H]2CCC3CC(=C)C[C@@H]32)C1. The largest absolute Gasteiger partial charge is 0.306 e. The highest BCUT2D eigenvalue weighted by Gasteiger charge is 2.43. The Bertz CT molecular complexity index is 1040. The van der Waals surface area contributed by atoms with Crippen LogP contribution in [0.15, 0.2) is 48.6 Å². The highest BCUT2D eigenvalue weighted by Crippen LogP contribution is 2.52. The highest BCUT2D eigenvalue weighted by atomic mass is 15.1. The number of hydrogen-bond donors (Lipinski definition) is 0. The summed E-state index contributed by atoms with van der Waals surface area (Å²) in [5.41, 5.74) is 6.16. The molecule has 8 aliphatic rings. The van der Waals surface area contributed by atoms with E-state index in [1.807, 2.05) is 0 Å². The van der Waals surface area contributed by atoms with Gasteiger partial charge in [-0.1, -0.05) is 68.4 Å². The monoisotopic (exact) mass is 626 g/mol. The number of nitrogens with zero attached hydrogens (tertiary/aromatic N) is 1. The molecular weight excluding hydrogens is 555 g/mol. The van der Waals surface area contributed by atoms with Crippen LogP contribution >= 0.6 is 0 Å². The van der Waals surface area contributed by atoms with Gasteiger partial charge in [0, 0.05) is 13.1 Å². The van der Waals surface area contributed by atoms with E-state index in [0.717, 1.165) is 76.9 Å². The van der Waals surface area contributed by atoms with E-state index >= 15 is 0 Å². The van der Waals surface area contributed by atoms with Gasteiger partial charge in [0.05, 0.1) is 0 Å². The second kappa shape index (κ2) is 14.4. The summed E-state index contributed by atoms with van der Waals surface area (Å²) in [6.45, 7) is 22.3. The van der Waals surface area contributed by atoms with Crippen molar-refractivity contribution >= 4 is 0 Å². The summed E-state index contributed by atoms with van der Waals surface area (Å²) in [6, 6.07) is 0. The molecule has 0 saturated heterocycles. The average molecular weight is 626 g/mol. The molecule has 256 valence electrons. The van der Waals surface area contributed by atoms with Gasteiger partial charge in [0.15, 0.2) is 0 Å². The van der Waals surface area contributed by atoms with Crippen molar-refractivity contribution in [1.29, 1.82) is 0 Å². The Morgan fingerprint density at radius 3 is 1.33 bits per heavy atom. The van der Waals surface area contributed by atoms with Crippen LogP contribution < -0.4 is 0 Å². The molecule has 5 unspecified atom stereocenters. The molecule has 13 atom stereocenters. The van der Waals surface area contributed by atoms with E-state index in [0.29, 0.717) is 0 Å². The van der Waals surface area contributed by atoms with E-state index in [-0.39, 0.29) is 0 Å². The lowest BCUT2D eigenvalue weighted by atomic mass is 9.70. The van der Waals surface area contributed by atoms with Gasteiger partial charge in [-0.25, -0.2) is 0 Å². The van der Waals surface area contributed by atoms with Crippen LogP contribution in [0.1, 0.15) is 135 Å². The molecule has 8 rings (SSSR count). The fourth-order valence-corrected chi connectivity index (χ4v) is 13.8. The van der Waals surface area contributed by atoms with E-state index in [4.69, 9.17) is 0 Å². The third-order valence-corrected chi connectivity index (χ3v) is 15.7. The van der Waals surface area contributed by atoms with Crippen LogP contribution in [0.2, 0.25) is 0 Å². The van der Waals surface area contributed by atoms with Crippen molar-refractivity contribution in [2.45, 2.75) is 135 Å². The Kier molecular flexibility index (Phi) is 10.5. The van der Waals surface area contributed by atoms with Crippen LogP contribution in [0.5, 0.6) is 0 Å². The van der Waals surface area contributed by atoms with Crippen molar-refractivity contribution < 1.29 is 0 Å². The maximum Gasteiger partial charge on any atom is 0.000959 e. The van der Waals surface area contributed by atoms with E-state index in [2.05, 4.69) is 45.2 Å². The van der Waals surface area contributed by atoms with Gasteiger partial charge in [-0.05, 0) is 200 Å². The van der Waals surface area contributed by atoms with E-state index in [1.165, 1.54) is 153 Å². The zero-order valence-corrected chi connectivity index (χ0v) is 30.3. The Hall–Kier alpha value is -1.08. The summed E-state index contributed by atoms with van der Waals surface area (Å²) >= 11 is 0. The second-order valence-electron chi connectivity index (χ2n) is 19.4. The smallest absolute Gasteiger partial charge is 0.000959 e. The van der Waals surface area contributed by atoms with Crippen LogP contribution in [0.4, 0.5) is 0 Å². The maximum absolute atomic E-state index is 4.27. The van der Waals surface area contributed by atoms with Crippen molar-refractivity contribution in [3.05, 3.63) is 48.6 Å². The first kappa shape index (κ1) is 33.4. The zero-order valence-electron chi connectivity index (χ0n) is 30.3. The molecule has 46 heavy (non-hydrogen) atoms. The summed E-state index contributed by atoms with van der Waals surface area (Å²) in [5.74, 6) is 12.8. The summed E-state index contributed by atoms with van der Waals surface area (Å²) in [6.07, 6.45) is 28.7. The molecule has 0 aromatic heterocycles. The van der Waals surface area contributed by atoms with Gasteiger partial charge < -0.3 is 4.90 Å². The number of hydrogen-bond acceptors (Lipinski definition) is 1. The molecule has 8 aliphatic carbocycles. The minimum Gasteiger partial charge on any atom is -0.306 e. The first-order valence-corrected chi connectivity index (χ1v) is 20.5. The maximum atomic E-state index is 4.27. The lowest BCUT2D eigenvalue weighted by Crippen LogP contribution is -2.33. The molecule has 0 bridgehead atoms. The van der Waals surface area contributed by atoms with E-state index in [1.54, 1.807) is 11.1 Å².